The third-order valence-electron chi connectivity index (χ3n) is 4.39. The smallest absolute Gasteiger partial charge is 0.273 e. The average Bonchev–Trinajstić information content (AvgIpc) is 3.17. The molecule has 9 nitrogen and oxygen atoms in total. The largest absolute Gasteiger partial charge is 0.497 e. The Bertz CT molecular complexity index is 742. The summed E-state index contributed by atoms with van der Waals surface area (Å²) in [6, 6.07) is 7.82. The Labute approximate surface area is 171 Å². The van der Waals surface area contributed by atoms with Gasteiger partial charge in [0.1, 0.15) is 5.75 Å². The first kappa shape index (κ1) is 22.8. The molecule has 0 saturated heterocycles. The number of aromatic nitrogens is 3. The van der Waals surface area contributed by atoms with Crippen molar-refractivity contribution in [2.24, 2.45) is 0 Å². The standard InChI is InChI=1S/C20H31N5O4/c1-6-28-19(29-7-2)14-25-13-17(22-23-25)20(26)21-12-18(24(3)4)15-8-10-16(27-5)11-9-15/h8-11,13,18-19H,6-7,12,14H2,1-5H3,(H,21,26). The van der Waals surface area contributed by atoms with Crippen molar-refractivity contribution in [3.8, 4) is 5.75 Å². The van der Waals surface area contributed by atoms with Crippen molar-refractivity contribution >= 4 is 5.91 Å². The molecule has 1 N–H and O–H groups in total. The summed E-state index contributed by atoms with van der Waals surface area (Å²) in [4.78, 5) is 14.6. The molecule has 0 spiro atoms. The number of methoxy groups -OCH3 is 1. The van der Waals surface area contributed by atoms with Crippen molar-refractivity contribution in [3.63, 3.8) is 0 Å². The van der Waals surface area contributed by atoms with Gasteiger partial charge in [-0.15, -0.1) is 5.10 Å². The van der Waals surface area contributed by atoms with Crippen LogP contribution in [-0.2, 0) is 16.0 Å². The van der Waals surface area contributed by atoms with E-state index in [2.05, 4.69) is 15.6 Å². The fraction of sp³-hybridized carbons (Fsp3) is 0.550. The first-order valence-electron chi connectivity index (χ1n) is 9.70. The van der Waals surface area contributed by atoms with E-state index in [-0.39, 0.29) is 17.6 Å². The first-order valence-corrected chi connectivity index (χ1v) is 9.70. The SMILES string of the molecule is CCOC(Cn1cc(C(=O)NCC(c2ccc(OC)cc2)N(C)C)nn1)OCC. The Kier molecular flexibility index (Phi) is 9.04. The van der Waals surface area contributed by atoms with Crippen LogP contribution in [0, 0.1) is 0 Å². The lowest BCUT2D eigenvalue weighted by Crippen LogP contribution is -2.34. The molecule has 1 heterocycles. The van der Waals surface area contributed by atoms with Crippen molar-refractivity contribution in [2.45, 2.75) is 32.7 Å². The highest BCUT2D eigenvalue weighted by Crippen LogP contribution is 2.20. The normalized spacial score (nSPS) is 12.4. The highest BCUT2D eigenvalue weighted by atomic mass is 16.7. The van der Waals surface area contributed by atoms with E-state index >= 15 is 0 Å². The fourth-order valence-corrected chi connectivity index (χ4v) is 2.87. The summed E-state index contributed by atoms with van der Waals surface area (Å²) >= 11 is 0. The molecule has 0 radical (unpaired) electrons. The number of hydrogen-bond acceptors (Lipinski definition) is 7. The maximum atomic E-state index is 12.5. The lowest BCUT2D eigenvalue weighted by molar-refractivity contribution is -0.145. The van der Waals surface area contributed by atoms with Crippen LogP contribution in [0.15, 0.2) is 30.5 Å². The quantitative estimate of drug-likeness (QED) is 0.538. The molecule has 1 amide bonds. The zero-order valence-corrected chi connectivity index (χ0v) is 17.8. The molecule has 1 aromatic carbocycles. The second-order valence-corrected chi connectivity index (χ2v) is 6.63. The lowest BCUT2D eigenvalue weighted by Gasteiger charge is -2.25. The zero-order chi connectivity index (χ0) is 21.2. The Morgan fingerprint density at radius 1 is 1.17 bits per heavy atom. The van der Waals surface area contributed by atoms with Gasteiger partial charge >= 0.3 is 0 Å². The number of likely N-dealkylation sites (N-methyl/N-ethyl adjacent to an activating group) is 1. The maximum Gasteiger partial charge on any atom is 0.273 e. The molecule has 1 atom stereocenters. The van der Waals surface area contributed by atoms with E-state index in [1.165, 1.54) is 0 Å². The highest BCUT2D eigenvalue weighted by molar-refractivity contribution is 5.91. The van der Waals surface area contributed by atoms with E-state index in [0.717, 1.165) is 11.3 Å². The molecule has 29 heavy (non-hydrogen) atoms. The molecule has 0 bridgehead atoms. The summed E-state index contributed by atoms with van der Waals surface area (Å²) in [5.74, 6) is 0.519. The molecule has 0 fully saturated rings. The second-order valence-electron chi connectivity index (χ2n) is 6.63. The van der Waals surface area contributed by atoms with E-state index in [9.17, 15) is 4.79 Å². The minimum absolute atomic E-state index is 0.0141. The number of ether oxygens (including phenoxy) is 3. The minimum atomic E-state index is -0.421. The number of amides is 1. The van der Waals surface area contributed by atoms with Gasteiger partial charge in [-0.05, 0) is 45.6 Å². The minimum Gasteiger partial charge on any atom is -0.497 e. The molecule has 2 aromatic rings. The second kappa shape index (κ2) is 11.5. The van der Waals surface area contributed by atoms with Gasteiger partial charge in [0.15, 0.2) is 12.0 Å². The summed E-state index contributed by atoms with van der Waals surface area (Å²) in [6.45, 7) is 5.67. The van der Waals surface area contributed by atoms with Gasteiger partial charge in [0.05, 0.1) is 25.9 Å². The van der Waals surface area contributed by atoms with Gasteiger partial charge in [-0.1, -0.05) is 17.3 Å². The highest BCUT2D eigenvalue weighted by Gasteiger charge is 2.18. The van der Waals surface area contributed by atoms with Gasteiger partial charge < -0.3 is 24.4 Å². The molecule has 9 heteroatoms. The van der Waals surface area contributed by atoms with Crippen LogP contribution in [0.5, 0.6) is 5.75 Å². The Morgan fingerprint density at radius 2 is 1.83 bits per heavy atom. The van der Waals surface area contributed by atoms with Crippen molar-refractivity contribution in [2.75, 3.05) is 41.0 Å². The van der Waals surface area contributed by atoms with E-state index in [1.807, 2.05) is 57.1 Å². The number of carbonyl (C=O) groups is 1. The van der Waals surface area contributed by atoms with Crippen LogP contribution >= 0.6 is 0 Å². The van der Waals surface area contributed by atoms with Crippen molar-refractivity contribution in [1.29, 1.82) is 0 Å². The molecule has 0 aliphatic heterocycles. The van der Waals surface area contributed by atoms with E-state index in [1.54, 1.807) is 18.0 Å². The predicted molar refractivity (Wildman–Crippen MR) is 109 cm³/mol. The van der Waals surface area contributed by atoms with E-state index < -0.39 is 6.29 Å². The van der Waals surface area contributed by atoms with Crippen LogP contribution in [0.3, 0.4) is 0 Å². The molecule has 1 unspecified atom stereocenters. The lowest BCUT2D eigenvalue weighted by atomic mass is 10.1. The van der Waals surface area contributed by atoms with Crippen LogP contribution in [0.4, 0.5) is 0 Å². The van der Waals surface area contributed by atoms with Crippen LogP contribution in [0.1, 0.15) is 35.9 Å². The van der Waals surface area contributed by atoms with E-state index in [4.69, 9.17) is 14.2 Å². The molecule has 1 aromatic heterocycles. The Morgan fingerprint density at radius 3 is 2.38 bits per heavy atom. The third kappa shape index (κ3) is 6.81. The van der Waals surface area contributed by atoms with Crippen molar-refractivity contribution in [1.82, 2.24) is 25.2 Å². The van der Waals surface area contributed by atoms with Crippen LogP contribution in [-0.4, -0.2) is 73.1 Å². The molecule has 0 saturated carbocycles. The summed E-state index contributed by atoms with van der Waals surface area (Å²) in [7, 11) is 5.58. The Balaban J connectivity index is 1.97. The summed E-state index contributed by atoms with van der Waals surface area (Å²) < 4.78 is 17.8. The molecular weight excluding hydrogens is 374 g/mol. The number of nitrogens with zero attached hydrogens (tertiary/aromatic N) is 4. The molecule has 0 aliphatic carbocycles. The number of benzene rings is 1. The van der Waals surface area contributed by atoms with Gasteiger partial charge in [-0.2, -0.15) is 0 Å². The van der Waals surface area contributed by atoms with E-state index in [0.29, 0.717) is 26.3 Å². The Hall–Kier alpha value is -2.49. The third-order valence-corrected chi connectivity index (χ3v) is 4.39. The molecule has 0 aliphatic rings. The zero-order valence-electron chi connectivity index (χ0n) is 17.8. The van der Waals surface area contributed by atoms with Gasteiger partial charge in [0.2, 0.25) is 0 Å². The fourth-order valence-electron chi connectivity index (χ4n) is 2.87. The van der Waals surface area contributed by atoms with Gasteiger partial charge in [-0.25, -0.2) is 4.68 Å². The molecular formula is C20H31N5O4. The number of hydrogen-bond donors (Lipinski definition) is 1. The number of carbonyl (C=O) groups excluding carboxylic acids is 1. The topological polar surface area (TPSA) is 90.7 Å². The van der Waals surface area contributed by atoms with Gasteiger partial charge in [-0.3, -0.25) is 4.79 Å². The van der Waals surface area contributed by atoms with Crippen LogP contribution in [0.2, 0.25) is 0 Å². The van der Waals surface area contributed by atoms with Gasteiger partial charge in [0, 0.05) is 19.8 Å². The monoisotopic (exact) mass is 405 g/mol. The van der Waals surface area contributed by atoms with Crippen molar-refractivity contribution in [3.05, 3.63) is 41.7 Å². The number of rotatable bonds is 12. The van der Waals surface area contributed by atoms with Crippen molar-refractivity contribution < 1.29 is 19.0 Å². The summed E-state index contributed by atoms with van der Waals surface area (Å²) in [5.41, 5.74) is 1.33. The summed E-state index contributed by atoms with van der Waals surface area (Å²) in [5, 5.41) is 10.9. The maximum absolute atomic E-state index is 12.5. The molecule has 2 rings (SSSR count). The first-order chi connectivity index (χ1) is 14.0. The van der Waals surface area contributed by atoms with Gasteiger partial charge in [0.25, 0.3) is 5.91 Å². The predicted octanol–water partition coefficient (Wildman–Crippen LogP) is 1.72. The van der Waals surface area contributed by atoms with Crippen LogP contribution < -0.4 is 10.1 Å². The number of nitrogens with one attached hydrogen (secondary N) is 1. The summed E-state index contributed by atoms with van der Waals surface area (Å²) in [6.07, 6.45) is 1.18. The van der Waals surface area contributed by atoms with Crippen LogP contribution in [0.25, 0.3) is 0 Å². The average molecular weight is 405 g/mol. The molecule has 160 valence electrons.